The largest absolute Gasteiger partial charge is 0.480 e. The Labute approximate surface area is 90.8 Å². The minimum absolute atomic E-state index is 0.0248. The topological polar surface area (TPSA) is 116 Å². The van der Waals surface area contributed by atoms with E-state index in [4.69, 9.17) is 5.11 Å². The van der Waals surface area contributed by atoms with Gasteiger partial charge in [-0.25, -0.2) is 4.79 Å². The van der Waals surface area contributed by atoms with Gasteiger partial charge in [0.05, 0.1) is 6.10 Å². The molecule has 88 valence electrons. The van der Waals surface area contributed by atoms with Crippen LogP contribution in [0.2, 0.25) is 0 Å². The zero-order chi connectivity index (χ0) is 11.9. The predicted octanol–water partition coefficient (Wildman–Crippen LogP) is -2.17. The molecule has 0 radical (unpaired) electrons. The van der Waals surface area contributed by atoms with Crippen molar-refractivity contribution in [2.75, 3.05) is 6.54 Å². The van der Waals surface area contributed by atoms with Gasteiger partial charge < -0.3 is 20.8 Å². The van der Waals surface area contributed by atoms with Crippen LogP contribution in [0.1, 0.15) is 12.8 Å². The molecule has 0 bridgehead atoms. The number of rotatable bonds is 3. The van der Waals surface area contributed by atoms with E-state index < -0.39 is 35.3 Å². The fourth-order valence-corrected chi connectivity index (χ4v) is 1.73. The number of aliphatic hydroxyl groups is 1. The molecule has 4 N–H and O–H groups in total. The molecule has 0 aromatic heterocycles. The fourth-order valence-electron chi connectivity index (χ4n) is 1.73. The minimum atomic E-state index is -1.22. The zero-order valence-corrected chi connectivity index (χ0v) is 8.40. The number of aliphatic hydroxyl groups excluding tert-OH is 1. The lowest BCUT2D eigenvalue weighted by atomic mass is 10.0. The highest BCUT2D eigenvalue weighted by Gasteiger charge is 2.53. The molecule has 0 aromatic rings. The molecule has 2 amide bonds. The average Bonchev–Trinajstić information content (AvgIpc) is 2.89. The number of β-amino-alcohol motifs (C(OH)–C–C–N with tert-alkyl or cyclic N) is 1. The van der Waals surface area contributed by atoms with E-state index in [2.05, 4.69) is 10.6 Å². The summed E-state index contributed by atoms with van der Waals surface area (Å²) in [6.45, 7) is 0.0248. The molecular formula is C9H12N2O5. The van der Waals surface area contributed by atoms with Crippen molar-refractivity contribution >= 4 is 17.8 Å². The highest BCUT2D eigenvalue weighted by Crippen LogP contribution is 2.36. The summed E-state index contributed by atoms with van der Waals surface area (Å²) >= 11 is 0. The van der Waals surface area contributed by atoms with Gasteiger partial charge in [0, 0.05) is 6.54 Å². The van der Waals surface area contributed by atoms with Crippen LogP contribution < -0.4 is 10.6 Å². The van der Waals surface area contributed by atoms with E-state index in [9.17, 15) is 19.5 Å². The van der Waals surface area contributed by atoms with Crippen LogP contribution >= 0.6 is 0 Å². The SMILES string of the molecule is O=C1NCC(O)C1C(=O)NC1(C(=O)O)CC1. The molecule has 1 saturated heterocycles. The standard InChI is InChI=1S/C9H12N2O5/c12-4-3-10-6(13)5(4)7(14)11-9(1-2-9)8(15)16/h4-5,12H,1-3H2,(H,10,13)(H,11,14)(H,15,16). The Balaban J connectivity index is 2.03. The highest BCUT2D eigenvalue weighted by atomic mass is 16.4. The maximum Gasteiger partial charge on any atom is 0.329 e. The Morgan fingerprint density at radius 1 is 1.44 bits per heavy atom. The molecule has 2 fully saturated rings. The summed E-state index contributed by atoms with van der Waals surface area (Å²) in [5.74, 6) is -3.58. The molecule has 2 unspecified atom stereocenters. The third-order valence-corrected chi connectivity index (χ3v) is 2.96. The first-order valence-electron chi connectivity index (χ1n) is 4.97. The predicted molar refractivity (Wildman–Crippen MR) is 50.3 cm³/mol. The van der Waals surface area contributed by atoms with E-state index in [0.717, 1.165) is 0 Å². The van der Waals surface area contributed by atoms with Gasteiger partial charge in [0.25, 0.3) is 0 Å². The molecule has 16 heavy (non-hydrogen) atoms. The Bertz CT molecular complexity index is 363. The number of hydrogen-bond donors (Lipinski definition) is 4. The molecule has 0 aromatic carbocycles. The van der Waals surface area contributed by atoms with Crippen LogP contribution in [-0.2, 0) is 14.4 Å². The maximum atomic E-state index is 11.6. The van der Waals surface area contributed by atoms with E-state index in [1.165, 1.54) is 0 Å². The molecule has 2 atom stereocenters. The van der Waals surface area contributed by atoms with Gasteiger partial charge >= 0.3 is 5.97 Å². The van der Waals surface area contributed by atoms with Crippen molar-refractivity contribution < 1.29 is 24.6 Å². The van der Waals surface area contributed by atoms with E-state index in [-0.39, 0.29) is 6.54 Å². The van der Waals surface area contributed by atoms with E-state index in [1.54, 1.807) is 0 Å². The number of carbonyl (C=O) groups excluding carboxylic acids is 2. The lowest BCUT2D eigenvalue weighted by Crippen LogP contribution is -2.49. The number of carbonyl (C=O) groups is 3. The summed E-state index contributed by atoms with van der Waals surface area (Å²) in [7, 11) is 0. The van der Waals surface area contributed by atoms with Crippen LogP contribution in [0.15, 0.2) is 0 Å². The first-order chi connectivity index (χ1) is 7.46. The number of aliphatic carboxylic acids is 1. The van der Waals surface area contributed by atoms with Crippen molar-refractivity contribution in [2.45, 2.75) is 24.5 Å². The highest BCUT2D eigenvalue weighted by molar-refractivity contribution is 6.04. The normalized spacial score (nSPS) is 30.7. The van der Waals surface area contributed by atoms with Crippen molar-refractivity contribution in [3.63, 3.8) is 0 Å². The molecule has 1 aliphatic heterocycles. The van der Waals surface area contributed by atoms with Gasteiger partial charge in [0.15, 0.2) is 0 Å². The molecule has 2 rings (SSSR count). The van der Waals surface area contributed by atoms with Gasteiger partial charge in [-0.15, -0.1) is 0 Å². The quantitative estimate of drug-likeness (QED) is 0.410. The number of hydrogen-bond acceptors (Lipinski definition) is 4. The lowest BCUT2D eigenvalue weighted by molar-refractivity contribution is -0.145. The fraction of sp³-hybridized carbons (Fsp3) is 0.667. The first-order valence-corrected chi connectivity index (χ1v) is 4.97. The van der Waals surface area contributed by atoms with Gasteiger partial charge in [-0.05, 0) is 12.8 Å². The third kappa shape index (κ3) is 1.63. The van der Waals surface area contributed by atoms with Crippen LogP contribution in [-0.4, -0.2) is 46.2 Å². The van der Waals surface area contributed by atoms with Crippen molar-refractivity contribution in [3.05, 3.63) is 0 Å². The first kappa shape index (κ1) is 10.9. The molecule has 7 heteroatoms. The van der Waals surface area contributed by atoms with Crippen LogP contribution in [0, 0.1) is 5.92 Å². The second-order valence-corrected chi connectivity index (χ2v) is 4.17. The number of amides is 2. The average molecular weight is 228 g/mol. The molecule has 1 aliphatic carbocycles. The van der Waals surface area contributed by atoms with Crippen molar-refractivity contribution in [1.29, 1.82) is 0 Å². The summed E-state index contributed by atoms with van der Waals surface area (Å²) in [6.07, 6.45) is -0.367. The molecule has 1 heterocycles. The van der Waals surface area contributed by atoms with Crippen LogP contribution in [0.25, 0.3) is 0 Å². The molecule has 0 spiro atoms. The summed E-state index contributed by atoms with van der Waals surface area (Å²) in [6, 6.07) is 0. The third-order valence-electron chi connectivity index (χ3n) is 2.96. The summed E-state index contributed by atoms with van der Waals surface area (Å²) in [5.41, 5.74) is -1.22. The number of carboxylic acid groups (broad SMARTS) is 1. The van der Waals surface area contributed by atoms with Gasteiger partial charge in [-0.2, -0.15) is 0 Å². The van der Waals surface area contributed by atoms with Crippen molar-refractivity contribution in [1.82, 2.24) is 10.6 Å². The molecular weight excluding hydrogens is 216 g/mol. The maximum absolute atomic E-state index is 11.6. The monoisotopic (exact) mass is 228 g/mol. The van der Waals surface area contributed by atoms with Gasteiger partial charge in [-0.1, -0.05) is 0 Å². The van der Waals surface area contributed by atoms with Crippen LogP contribution in [0.4, 0.5) is 0 Å². The second-order valence-electron chi connectivity index (χ2n) is 4.17. The Morgan fingerprint density at radius 3 is 2.44 bits per heavy atom. The van der Waals surface area contributed by atoms with Gasteiger partial charge in [0.2, 0.25) is 11.8 Å². The Hall–Kier alpha value is -1.63. The second kappa shape index (κ2) is 3.44. The van der Waals surface area contributed by atoms with E-state index >= 15 is 0 Å². The van der Waals surface area contributed by atoms with Crippen LogP contribution in [0.5, 0.6) is 0 Å². The summed E-state index contributed by atoms with van der Waals surface area (Å²) in [4.78, 5) is 33.7. The number of nitrogens with one attached hydrogen (secondary N) is 2. The van der Waals surface area contributed by atoms with Gasteiger partial charge in [-0.3, -0.25) is 9.59 Å². The number of carboxylic acids is 1. The summed E-state index contributed by atoms with van der Waals surface area (Å²) in [5, 5.41) is 22.9. The van der Waals surface area contributed by atoms with E-state index in [0.29, 0.717) is 12.8 Å². The van der Waals surface area contributed by atoms with Crippen LogP contribution in [0.3, 0.4) is 0 Å². The Kier molecular flexibility index (Phi) is 2.34. The minimum Gasteiger partial charge on any atom is -0.480 e. The Morgan fingerprint density at radius 2 is 2.06 bits per heavy atom. The molecule has 7 nitrogen and oxygen atoms in total. The van der Waals surface area contributed by atoms with Crippen molar-refractivity contribution in [2.24, 2.45) is 5.92 Å². The van der Waals surface area contributed by atoms with Gasteiger partial charge in [0.1, 0.15) is 11.5 Å². The molecule has 2 aliphatic rings. The van der Waals surface area contributed by atoms with Crippen molar-refractivity contribution in [3.8, 4) is 0 Å². The smallest absolute Gasteiger partial charge is 0.329 e. The summed E-state index contributed by atoms with van der Waals surface area (Å²) < 4.78 is 0. The lowest BCUT2D eigenvalue weighted by Gasteiger charge is -2.16. The molecule has 1 saturated carbocycles. The van der Waals surface area contributed by atoms with E-state index in [1.807, 2.05) is 0 Å². The zero-order valence-electron chi connectivity index (χ0n) is 8.40.